The van der Waals surface area contributed by atoms with Crippen molar-refractivity contribution in [3.05, 3.63) is 33.4 Å². The summed E-state index contributed by atoms with van der Waals surface area (Å²) >= 11 is 3.16. The third-order valence-corrected chi connectivity index (χ3v) is 2.14. The molecule has 1 aromatic rings. The van der Waals surface area contributed by atoms with Gasteiger partial charge < -0.3 is 5.73 Å². The van der Waals surface area contributed by atoms with Gasteiger partial charge in [-0.15, -0.1) is 0 Å². The molecule has 1 rings (SSSR count). The van der Waals surface area contributed by atoms with Crippen LogP contribution >= 0.6 is 15.9 Å². The molecule has 0 aliphatic heterocycles. The molecule has 0 bridgehead atoms. The smallest absolute Gasteiger partial charge is 0.274 e. The minimum absolute atomic E-state index is 0.0249. The summed E-state index contributed by atoms with van der Waals surface area (Å²) in [7, 11) is 0. The van der Waals surface area contributed by atoms with E-state index in [0.717, 1.165) is 0 Å². The summed E-state index contributed by atoms with van der Waals surface area (Å²) in [6, 6.07) is 2.97. The lowest BCUT2D eigenvalue weighted by molar-refractivity contribution is -0.385. The van der Waals surface area contributed by atoms with Crippen LogP contribution in [0.15, 0.2) is 12.1 Å². The van der Waals surface area contributed by atoms with E-state index in [1.54, 1.807) is 13.0 Å². The molecule has 0 saturated heterocycles. The largest absolute Gasteiger partial charge is 0.398 e. The van der Waals surface area contributed by atoms with Crippen LogP contribution in [-0.4, -0.2) is 10.3 Å². The van der Waals surface area contributed by atoms with Crippen LogP contribution in [0.4, 0.5) is 11.4 Å². The Morgan fingerprint density at radius 2 is 2.27 bits per heavy atom. The van der Waals surface area contributed by atoms with Crippen molar-refractivity contribution in [2.45, 2.75) is 6.92 Å². The highest BCUT2D eigenvalue weighted by Gasteiger charge is 2.12. The quantitative estimate of drug-likeness (QED) is 0.279. The molecule has 0 aromatic heterocycles. The molecule has 0 heterocycles. The molecule has 78 valence electrons. The first-order chi connectivity index (χ1) is 7.06. The number of rotatable bonds is 1. The summed E-state index contributed by atoms with van der Waals surface area (Å²) in [6.07, 6.45) is 0. The second kappa shape index (κ2) is 4.80. The van der Waals surface area contributed by atoms with Gasteiger partial charge in [-0.05, 0) is 13.0 Å². The Balaban J connectivity index is 3.25. The summed E-state index contributed by atoms with van der Waals surface area (Å²) < 4.78 is 0. The van der Waals surface area contributed by atoms with Crippen LogP contribution in [0.2, 0.25) is 0 Å². The first-order valence-electron chi connectivity index (χ1n) is 4.15. The van der Waals surface area contributed by atoms with Crippen LogP contribution in [-0.2, 0) is 0 Å². The molecular formula is C10H9BrN2O2. The Hall–Kier alpha value is -1.54. The predicted molar refractivity (Wildman–Crippen MR) is 62.9 cm³/mol. The van der Waals surface area contributed by atoms with E-state index < -0.39 is 4.92 Å². The first-order valence-corrected chi connectivity index (χ1v) is 5.27. The van der Waals surface area contributed by atoms with Gasteiger partial charge in [-0.1, -0.05) is 27.8 Å². The van der Waals surface area contributed by atoms with E-state index in [2.05, 4.69) is 27.8 Å². The lowest BCUT2D eigenvalue weighted by atomic mass is 10.1. The zero-order valence-electron chi connectivity index (χ0n) is 8.08. The Morgan fingerprint density at radius 3 is 2.80 bits per heavy atom. The molecule has 1 aromatic carbocycles. The van der Waals surface area contributed by atoms with E-state index in [4.69, 9.17) is 5.73 Å². The number of nitrogens with zero attached hydrogens (tertiary/aromatic N) is 1. The average molecular weight is 269 g/mol. The maximum atomic E-state index is 10.6. The molecule has 0 unspecified atom stereocenters. The topological polar surface area (TPSA) is 69.2 Å². The Kier molecular flexibility index (Phi) is 3.69. The maximum Gasteiger partial charge on any atom is 0.274 e. The van der Waals surface area contributed by atoms with Crippen molar-refractivity contribution in [3.8, 4) is 11.8 Å². The monoisotopic (exact) mass is 268 g/mol. The highest BCUT2D eigenvalue weighted by Crippen LogP contribution is 2.23. The molecule has 0 aliphatic rings. The summed E-state index contributed by atoms with van der Waals surface area (Å²) in [4.78, 5) is 10.2. The van der Waals surface area contributed by atoms with Crippen LogP contribution in [0.1, 0.15) is 11.1 Å². The number of anilines is 1. The molecule has 0 radical (unpaired) electrons. The van der Waals surface area contributed by atoms with Crippen molar-refractivity contribution in [2.75, 3.05) is 11.1 Å². The molecule has 4 nitrogen and oxygen atoms in total. The summed E-state index contributed by atoms with van der Waals surface area (Å²) in [5.74, 6) is 5.62. The lowest BCUT2D eigenvalue weighted by Crippen LogP contribution is -1.97. The number of aryl methyl sites for hydroxylation is 1. The van der Waals surface area contributed by atoms with Gasteiger partial charge in [-0.3, -0.25) is 10.1 Å². The molecule has 0 atom stereocenters. The molecular weight excluding hydrogens is 260 g/mol. The van der Waals surface area contributed by atoms with E-state index >= 15 is 0 Å². The van der Waals surface area contributed by atoms with E-state index in [1.807, 2.05) is 0 Å². The van der Waals surface area contributed by atoms with Crippen molar-refractivity contribution >= 4 is 27.3 Å². The molecule has 0 spiro atoms. The number of nitro benzene ring substituents is 1. The summed E-state index contributed by atoms with van der Waals surface area (Å²) in [5.41, 5.74) is 7.19. The van der Waals surface area contributed by atoms with Crippen LogP contribution < -0.4 is 5.73 Å². The fourth-order valence-corrected chi connectivity index (χ4v) is 1.29. The Labute approximate surface area is 95.8 Å². The molecule has 0 saturated carbocycles. The molecule has 0 amide bonds. The van der Waals surface area contributed by atoms with Crippen LogP contribution in [0.5, 0.6) is 0 Å². The lowest BCUT2D eigenvalue weighted by Gasteiger charge is -2.01. The first kappa shape index (κ1) is 11.5. The standard InChI is InChI=1S/C10H9BrN2O2/c1-7-5-8(3-2-4-11)9(12)6-10(7)13(14)15/h5-6H,4,12H2,1H3. The van der Waals surface area contributed by atoms with Crippen LogP contribution in [0.3, 0.4) is 0 Å². The zero-order valence-corrected chi connectivity index (χ0v) is 9.67. The van der Waals surface area contributed by atoms with Crippen molar-refractivity contribution in [1.29, 1.82) is 0 Å². The average Bonchev–Trinajstić information content (AvgIpc) is 2.18. The van der Waals surface area contributed by atoms with Gasteiger partial charge in [0.1, 0.15) is 0 Å². The van der Waals surface area contributed by atoms with Gasteiger partial charge >= 0.3 is 0 Å². The van der Waals surface area contributed by atoms with Crippen molar-refractivity contribution in [1.82, 2.24) is 0 Å². The van der Waals surface area contributed by atoms with Crippen molar-refractivity contribution < 1.29 is 4.92 Å². The predicted octanol–water partition coefficient (Wildman–Crippen LogP) is 2.23. The highest BCUT2D eigenvalue weighted by atomic mass is 79.9. The third kappa shape index (κ3) is 2.70. The third-order valence-electron chi connectivity index (χ3n) is 1.85. The Morgan fingerprint density at radius 1 is 1.60 bits per heavy atom. The van der Waals surface area contributed by atoms with Gasteiger partial charge in [-0.2, -0.15) is 0 Å². The van der Waals surface area contributed by atoms with Gasteiger partial charge in [0.05, 0.1) is 15.9 Å². The molecule has 5 heteroatoms. The molecule has 15 heavy (non-hydrogen) atoms. The fraction of sp³-hybridized carbons (Fsp3) is 0.200. The van der Waals surface area contributed by atoms with Gasteiger partial charge in [-0.25, -0.2) is 0 Å². The number of alkyl halides is 1. The normalized spacial score (nSPS) is 9.20. The van der Waals surface area contributed by atoms with Gasteiger partial charge in [0.25, 0.3) is 5.69 Å². The second-order valence-electron chi connectivity index (χ2n) is 2.92. The van der Waals surface area contributed by atoms with Crippen LogP contribution in [0.25, 0.3) is 0 Å². The van der Waals surface area contributed by atoms with Gasteiger partial charge in [0.2, 0.25) is 0 Å². The number of hydrogen-bond acceptors (Lipinski definition) is 3. The summed E-state index contributed by atoms with van der Waals surface area (Å²) in [5, 5.41) is 11.1. The van der Waals surface area contributed by atoms with Gasteiger partial charge in [0, 0.05) is 17.2 Å². The van der Waals surface area contributed by atoms with Crippen LogP contribution in [0, 0.1) is 28.9 Å². The number of nitrogens with two attached hydrogens (primary N) is 1. The number of benzene rings is 1. The summed E-state index contributed by atoms with van der Waals surface area (Å²) in [6.45, 7) is 1.66. The van der Waals surface area contributed by atoms with E-state index in [1.165, 1.54) is 6.07 Å². The number of nitro groups is 1. The minimum atomic E-state index is -0.451. The fourth-order valence-electron chi connectivity index (χ4n) is 1.15. The van der Waals surface area contributed by atoms with E-state index in [9.17, 15) is 10.1 Å². The number of nitrogen functional groups attached to an aromatic ring is 1. The number of hydrogen-bond donors (Lipinski definition) is 1. The zero-order chi connectivity index (χ0) is 11.4. The minimum Gasteiger partial charge on any atom is -0.398 e. The number of halogens is 1. The van der Waals surface area contributed by atoms with Gasteiger partial charge in [0.15, 0.2) is 0 Å². The second-order valence-corrected chi connectivity index (χ2v) is 3.48. The maximum absolute atomic E-state index is 10.6. The van der Waals surface area contributed by atoms with Crippen molar-refractivity contribution in [3.63, 3.8) is 0 Å². The Bertz CT molecular complexity index is 460. The molecule has 2 N–H and O–H groups in total. The van der Waals surface area contributed by atoms with Crippen molar-refractivity contribution in [2.24, 2.45) is 0 Å². The SMILES string of the molecule is Cc1cc(C#CCBr)c(N)cc1[N+](=O)[O-]. The highest BCUT2D eigenvalue weighted by molar-refractivity contribution is 9.09. The van der Waals surface area contributed by atoms with E-state index in [0.29, 0.717) is 22.1 Å². The van der Waals surface area contributed by atoms with E-state index in [-0.39, 0.29) is 5.69 Å². The molecule has 0 aliphatic carbocycles. The molecule has 0 fully saturated rings.